The monoisotopic (exact) mass is 414 g/mol. The predicted octanol–water partition coefficient (Wildman–Crippen LogP) is 5.22. The summed E-state index contributed by atoms with van der Waals surface area (Å²) >= 11 is 0. The van der Waals surface area contributed by atoms with Crippen molar-refractivity contribution in [3.05, 3.63) is 94.9 Å². The lowest BCUT2D eigenvalue weighted by Gasteiger charge is -2.22. The molecule has 0 unspecified atom stereocenters. The van der Waals surface area contributed by atoms with E-state index in [9.17, 15) is 4.79 Å². The van der Waals surface area contributed by atoms with Crippen LogP contribution in [-0.2, 0) is 24.3 Å². The highest BCUT2D eigenvalue weighted by molar-refractivity contribution is 5.79. The quantitative estimate of drug-likeness (QED) is 0.416. The Morgan fingerprint density at radius 1 is 0.935 bits per heavy atom. The summed E-state index contributed by atoms with van der Waals surface area (Å²) in [6.07, 6.45) is 0.280. The van der Waals surface area contributed by atoms with Crippen LogP contribution in [0.1, 0.15) is 28.1 Å². The lowest BCUT2D eigenvalue weighted by Crippen LogP contribution is -2.31. The Bertz CT molecular complexity index is 1190. The molecule has 1 amide bonds. The van der Waals surface area contributed by atoms with E-state index in [1.165, 1.54) is 5.56 Å². The number of carbonyl (C=O) groups excluding carboxylic acids is 1. The summed E-state index contributed by atoms with van der Waals surface area (Å²) in [5.41, 5.74) is 5.83. The van der Waals surface area contributed by atoms with Crippen LogP contribution >= 0.6 is 0 Å². The van der Waals surface area contributed by atoms with Crippen molar-refractivity contribution in [2.45, 2.75) is 33.4 Å². The first kappa shape index (κ1) is 20.7. The van der Waals surface area contributed by atoms with E-state index in [4.69, 9.17) is 9.15 Å². The molecule has 0 spiro atoms. The van der Waals surface area contributed by atoms with Crippen LogP contribution in [0.25, 0.3) is 11.1 Å². The minimum atomic E-state index is 0.00673. The highest BCUT2D eigenvalue weighted by Gasteiger charge is 2.19. The molecule has 0 fully saturated rings. The van der Waals surface area contributed by atoms with E-state index in [1.54, 1.807) is 12.0 Å². The molecule has 31 heavy (non-hydrogen) atoms. The number of benzene rings is 3. The number of nitrogens with zero attached hydrogens (tertiary/aromatic N) is 2. The molecule has 0 saturated carbocycles. The molecule has 0 atom stereocenters. The van der Waals surface area contributed by atoms with Crippen LogP contribution in [0, 0.1) is 13.8 Å². The highest BCUT2D eigenvalue weighted by Crippen LogP contribution is 2.20. The summed E-state index contributed by atoms with van der Waals surface area (Å²) < 4.78 is 11.2. The van der Waals surface area contributed by atoms with E-state index < -0.39 is 0 Å². The number of hydrogen-bond donors (Lipinski definition) is 0. The summed E-state index contributed by atoms with van der Waals surface area (Å²) in [5.74, 6) is 1.28. The molecule has 0 bridgehead atoms. The van der Waals surface area contributed by atoms with Crippen LogP contribution in [0.5, 0.6) is 5.75 Å². The highest BCUT2D eigenvalue weighted by atomic mass is 16.5. The number of carbonyl (C=O) groups is 1. The molecular weight excluding hydrogens is 388 g/mol. The minimum Gasteiger partial charge on any atom is -0.497 e. The van der Waals surface area contributed by atoms with Crippen molar-refractivity contribution in [3.8, 4) is 5.75 Å². The summed E-state index contributed by atoms with van der Waals surface area (Å²) in [6, 6.07) is 21.7. The summed E-state index contributed by atoms with van der Waals surface area (Å²) in [5, 5.41) is 0. The molecule has 0 aliphatic rings. The third-order valence-electron chi connectivity index (χ3n) is 5.25. The number of ether oxygens (including phenoxy) is 1. The molecule has 4 rings (SSSR count). The minimum absolute atomic E-state index is 0.00673. The second kappa shape index (κ2) is 9.04. The number of methoxy groups -OCH3 is 1. The maximum Gasteiger partial charge on any atom is 0.227 e. The number of hydrogen-bond acceptors (Lipinski definition) is 4. The third-order valence-corrected chi connectivity index (χ3v) is 5.25. The van der Waals surface area contributed by atoms with Crippen molar-refractivity contribution in [3.63, 3.8) is 0 Å². The van der Waals surface area contributed by atoms with Gasteiger partial charge in [-0.3, -0.25) is 4.79 Å². The van der Waals surface area contributed by atoms with Gasteiger partial charge in [-0.2, -0.15) is 0 Å². The standard InChI is InChI=1S/C26H26N2O3/c1-18-7-10-20(11-8-18)16-28(26(29)15-21-5-4-6-22(14-21)30-3)17-25-27-23-13-19(2)9-12-24(23)31-25/h4-14H,15-17H2,1-3H3. The summed E-state index contributed by atoms with van der Waals surface area (Å²) in [4.78, 5) is 19.7. The van der Waals surface area contributed by atoms with Gasteiger partial charge in [-0.05, 0) is 54.8 Å². The van der Waals surface area contributed by atoms with Gasteiger partial charge in [0.05, 0.1) is 20.1 Å². The predicted molar refractivity (Wildman–Crippen MR) is 121 cm³/mol. The van der Waals surface area contributed by atoms with Crippen molar-refractivity contribution < 1.29 is 13.9 Å². The number of aryl methyl sites for hydroxylation is 2. The van der Waals surface area contributed by atoms with Crippen molar-refractivity contribution in [1.29, 1.82) is 0 Å². The van der Waals surface area contributed by atoms with Crippen molar-refractivity contribution in [2.24, 2.45) is 0 Å². The average Bonchev–Trinajstić information content (AvgIpc) is 3.16. The average molecular weight is 415 g/mol. The van der Waals surface area contributed by atoms with Gasteiger partial charge in [0.15, 0.2) is 5.58 Å². The zero-order valence-corrected chi connectivity index (χ0v) is 18.1. The maximum absolute atomic E-state index is 13.3. The van der Waals surface area contributed by atoms with Crippen molar-refractivity contribution in [1.82, 2.24) is 9.88 Å². The lowest BCUT2D eigenvalue weighted by atomic mass is 10.1. The molecule has 1 heterocycles. The Hall–Kier alpha value is -3.60. The van der Waals surface area contributed by atoms with Crippen LogP contribution in [0.15, 0.2) is 71.1 Å². The maximum atomic E-state index is 13.3. The first-order chi connectivity index (χ1) is 15.0. The lowest BCUT2D eigenvalue weighted by molar-refractivity contribution is -0.132. The van der Waals surface area contributed by atoms with Crippen molar-refractivity contribution in [2.75, 3.05) is 7.11 Å². The van der Waals surface area contributed by atoms with Gasteiger partial charge >= 0.3 is 0 Å². The molecular formula is C26H26N2O3. The first-order valence-electron chi connectivity index (χ1n) is 10.3. The van der Waals surface area contributed by atoms with Gasteiger partial charge in [0.1, 0.15) is 11.3 Å². The van der Waals surface area contributed by atoms with Gasteiger partial charge in [-0.1, -0.05) is 48.0 Å². The largest absolute Gasteiger partial charge is 0.497 e. The fourth-order valence-electron chi connectivity index (χ4n) is 3.53. The molecule has 1 aromatic heterocycles. The smallest absolute Gasteiger partial charge is 0.227 e. The van der Waals surface area contributed by atoms with E-state index >= 15 is 0 Å². The second-order valence-corrected chi connectivity index (χ2v) is 7.84. The molecule has 4 aromatic rings. The molecule has 3 aromatic carbocycles. The Morgan fingerprint density at radius 2 is 1.71 bits per heavy atom. The van der Waals surface area contributed by atoms with Crippen LogP contribution in [0.4, 0.5) is 0 Å². The number of aromatic nitrogens is 1. The van der Waals surface area contributed by atoms with E-state index in [0.717, 1.165) is 33.5 Å². The van der Waals surface area contributed by atoms with Crippen LogP contribution in [-0.4, -0.2) is 22.9 Å². The van der Waals surface area contributed by atoms with E-state index in [1.807, 2.05) is 49.4 Å². The van der Waals surface area contributed by atoms with Gasteiger partial charge < -0.3 is 14.1 Å². The normalized spacial score (nSPS) is 10.9. The second-order valence-electron chi connectivity index (χ2n) is 7.84. The van der Waals surface area contributed by atoms with Gasteiger partial charge in [-0.15, -0.1) is 0 Å². The molecule has 0 saturated heterocycles. The Morgan fingerprint density at radius 3 is 2.48 bits per heavy atom. The number of rotatable bonds is 7. The Labute approximate surface area is 182 Å². The van der Waals surface area contributed by atoms with Gasteiger partial charge in [0.25, 0.3) is 0 Å². The summed E-state index contributed by atoms with van der Waals surface area (Å²) in [7, 11) is 1.62. The SMILES string of the molecule is COc1cccc(CC(=O)N(Cc2ccc(C)cc2)Cc2nc3cc(C)ccc3o2)c1. The molecule has 5 heteroatoms. The topological polar surface area (TPSA) is 55.6 Å². The Balaban J connectivity index is 1.59. The van der Waals surface area contributed by atoms with Gasteiger partial charge in [0, 0.05) is 6.54 Å². The van der Waals surface area contributed by atoms with Gasteiger partial charge in [0.2, 0.25) is 11.8 Å². The zero-order valence-electron chi connectivity index (χ0n) is 18.1. The fourth-order valence-corrected chi connectivity index (χ4v) is 3.53. The fraction of sp³-hybridized carbons (Fsp3) is 0.231. The number of oxazole rings is 1. The van der Waals surface area contributed by atoms with E-state index in [0.29, 0.717) is 19.0 Å². The molecule has 158 valence electrons. The van der Waals surface area contributed by atoms with Crippen LogP contribution in [0.2, 0.25) is 0 Å². The zero-order chi connectivity index (χ0) is 21.8. The molecule has 0 N–H and O–H groups in total. The van der Waals surface area contributed by atoms with Gasteiger partial charge in [-0.25, -0.2) is 4.98 Å². The molecule has 0 radical (unpaired) electrons. The van der Waals surface area contributed by atoms with Crippen LogP contribution in [0.3, 0.4) is 0 Å². The Kier molecular flexibility index (Phi) is 6.03. The number of fused-ring (bicyclic) bond motifs is 1. The number of amides is 1. The first-order valence-corrected chi connectivity index (χ1v) is 10.3. The van der Waals surface area contributed by atoms with Crippen LogP contribution < -0.4 is 4.74 Å². The van der Waals surface area contributed by atoms with E-state index in [2.05, 4.69) is 36.2 Å². The van der Waals surface area contributed by atoms with Crippen molar-refractivity contribution >= 4 is 17.0 Å². The molecule has 5 nitrogen and oxygen atoms in total. The summed E-state index contributed by atoms with van der Waals surface area (Å²) in [6.45, 7) is 4.87. The molecule has 0 aliphatic heterocycles. The molecule has 0 aliphatic carbocycles. The third kappa shape index (κ3) is 5.12. The van der Waals surface area contributed by atoms with E-state index in [-0.39, 0.29) is 12.3 Å².